The highest BCUT2D eigenvalue weighted by Crippen LogP contribution is 2.34. The second kappa shape index (κ2) is 9.84. The molecule has 1 atom stereocenters. The first-order valence-corrected chi connectivity index (χ1v) is 12.6. The van der Waals surface area contributed by atoms with Crippen molar-refractivity contribution in [3.63, 3.8) is 0 Å². The number of hydrogen-bond donors (Lipinski definition) is 1. The van der Waals surface area contributed by atoms with E-state index in [1.807, 2.05) is 13.8 Å². The van der Waals surface area contributed by atoms with E-state index in [-0.39, 0.29) is 15.7 Å². The Morgan fingerprint density at radius 1 is 1.21 bits per heavy atom. The number of rotatable bonds is 9. The second-order valence-corrected chi connectivity index (χ2v) is 10.2. The number of nitrogens with one attached hydrogen (secondary N) is 1. The van der Waals surface area contributed by atoms with Crippen LogP contribution in [-0.2, 0) is 9.84 Å². The Morgan fingerprint density at radius 2 is 2.00 bits per heavy atom. The molecular formula is C24H25FN4O4S. The molecule has 3 aromatic rings. The molecule has 2 heterocycles. The first kappa shape index (κ1) is 23.7. The predicted octanol–water partition coefficient (Wildman–Crippen LogP) is 3.89. The molecule has 1 fully saturated rings. The molecule has 8 nitrogen and oxygen atoms in total. The third kappa shape index (κ3) is 5.06. The monoisotopic (exact) mass is 484 g/mol. The molecule has 1 aliphatic rings. The minimum absolute atomic E-state index is 0.141. The van der Waals surface area contributed by atoms with Crippen molar-refractivity contribution in [1.29, 1.82) is 0 Å². The van der Waals surface area contributed by atoms with E-state index in [0.29, 0.717) is 48.7 Å². The zero-order valence-electron chi connectivity index (χ0n) is 18.9. The lowest BCUT2D eigenvalue weighted by Crippen LogP contribution is -2.29. The molecule has 34 heavy (non-hydrogen) atoms. The first-order chi connectivity index (χ1) is 16.3. The van der Waals surface area contributed by atoms with Gasteiger partial charge in [0, 0.05) is 11.8 Å². The van der Waals surface area contributed by atoms with Crippen LogP contribution in [0.25, 0.3) is 11.3 Å². The second-order valence-electron chi connectivity index (χ2n) is 7.97. The smallest absolute Gasteiger partial charge is 0.254 e. The summed E-state index contributed by atoms with van der Waals surface area (Å²) in [6, 6.07) is 6.56. The number of hydrogen-bond acceptors (Lipinski definition) is 7. The van der Waals surface area contributed by atoms with Gasteiger partial charge in [-0.3, -0.25) is 14.8 Å². The zero-order chi connectivity index (χ0) is 24.3. The van der Waals surface area contributed by atoms with E-state index in [2.05, 4.69) is 20.3 Å². The molecule has 1 N–H and O–H groups in total. The molecule has 10 heteroatoms. The zero-order valence-corrected chi connectivity index (χ0v) is 19.7. The molecule has 1 aliphatic carbocycles. The van der Waals surface area contributed by atoms with Crippen LogP contribution in [0.1, 0.15) is 55.2 Å². The number of halogens is 1. The fourth-order valence-electron chi connectivity index (χ4n) is 3.55. The number of nitrogens with zero attached hydrogens (tertiary/aromatic N) is 3. The highest BCUT2D eigenvalue weighted by atomic mass is 32.2. The Bertz CT molecular complexity index is 1310. The van der Waals surface area contributed by atoms with Crippen molar-refractivity contribution in [3.05, 3.63) is 66.0 Å². The summed E-state index contributed by atoms with van der Waals surface area (Å²) < 4.78 is 45.3. The normalized spacial score (nSPS) is 14.4. The summed E-state index contributed by atoms with van der Waals surface area (Å²) in [7, 11) is -3.39. The molecule has 1 saturated carbocycles. The number of carbonyl (C=O) groups excluding carboxylic acids is 1. The Morgan fingerprint density at radius 3 is 2.68 bits per heavy atom. The highest BCUT2D eigenvalue weighted by Gasteiger charge is 2.37. The Hall–Kier alpha value is -3.40. The van der Waals surface area contributed by atoms with Crippen LogP contribution in [0.15, 0.2) is 53.8 Å². The van der Waals surface area contributed by atoms with Crippen LogP contribution in [0, 0.1) is 5.82 Å². The van der Waals surface area contributed by atoms with Crippen LogP contribution in [0.4, 0.5) is 4.39 Å². The van der Waals surface area contributed by atoms with Gasteiger partial charge in [0.25, 0.3) is 5.91 Å². The Labute approximate surface area is 197 Å². The minimum atomic E-state index is -3.39. The summed E-state index contributed by atoms with van der Waals surface area (Å²) in [5, 5.41) is 2.42. The number of carbonyl (C=O) groups is 1. The molecular weight excluding hydrogens is 459 g/mol. The quantitative estimate of drug-likeness (QED) is 0.490. The number of sulfone groups is 1. The molecule has 178 valence electrons. The van der Waals surface area contributed by atoms with E-state index in [9.17, 15) is 17.6 Å². The molecule has 2 aromatic heterocycles. The Kier molecular flexibility index (Phi) is 6.87. The molecule has 1 aromatic carbocycles. The maximum atomic E-state index is 14.9. The minimum Gasteiger partial charge on any atom is -0.477 e. The van der Waals surface area contributed by atoms with Crippen molar-refractivity contribution in [2.45, 2.75) is 49.3 Å². The van der Waals surface area contributed by atoms with E-state index < -0.39 is 27.6 Å². The lowest BCUT2D eigenvalue weighted by Gasteiger charge is -2.18. The van der Waals surface area contributed by atoms with Crippen LogP contribution in [0.5, 0.6) is 5.88 Å². The van der Waals surface area contributed by atoms with Gasteiger partial charge >= 0.3 is 0 Å². The van der Waals surface area contributed by atoms with Crippen LogP contribution < -0.4 is 10.1 Å². The van der Waals surface area contributed by atoms with Crippen LogP contribution in [0.3, 0.4) is 0 Å². The van der Waals surface area contributed by atoms with Crippen molar-refractivity contribution in [3.8, 4) is 17.1 Å². The van der Waals surface area contributed by atoms with Crippen LogP contribution >= 0.6 is 0 Å². The molecule has 4 rings (SSSR count). The van der Waals surface area contributed by atoms with Crippen molar-refractivity contribution < 1.29 is 22.3 Å². The summed E-state index contributed by atoms with van der Waals surface area (Å²) in [5.41, 5.74) is 1.14. The molecule has 1 unspecified atom stereocenters. The highest BCUT2D eigenvalue weighted by molar-refractivity contribution is 7.92. The average Bonchev–Trinajstić information content (AvgIpc) is 3.69. The maximum Gasteiger partial charge on any atom is 0.254 e. The van der Waals surface area contributed by atoms with E-state index >= 15 is 0 Å². The third-order valence-electron chi connectivity index (χ3n) is 5.53. The number of benzene rings is 1. The van der Waals surface area contributed by atoms with E-state index in [0.717, 1.165) is 0 Å². The standard InChI is InChI=1S/C24H25FN4O4S/c1-3-20(21-12-17(9-10-27-21)34(31,32)16-6-7-16)29-24(30)18-8-5-15(11-19(18)25)22-13-26-14-23(28-22)33-4-2/h5,8-14,16,20H,3-4,6-7H2,1-2H3,(H,29,30). The summed E-state index contributed by atoms with van der Waals surface area (Å²) >= 11 is 0. The van der Waals surface area contributed by atoms with Gasteiger partial charge < -0.3 is 10.1 Å². The average molecular weight is 485 g/mol. The molecule has 0 aliphatic heterocycles. The van der Waals surface area contributed by atoms with Gasteiger partial charge in [0.15, 0.2) is 9.84 Å². The van der Waals surface area contributed by atoms with Crippen molar-refractivity contribution in [2.75, 3.05) is 6.61 Å². The van der Waals surface area contributed by atoms with Gasteiger partial charge in [-0.2, -0.15) is 0 Å². The Balaban J connectivity index is 1.53. The van der Waals surface area contributed by atoms with Gasteiger partial charge in [0.05, 0.1) is 52.1 Å². The lowest BCUT2D eigenvalue weighted by atomic mass is 10.1. The molecule has 0 spiro atoms. The lowest BCUT2D eigenvalue weighted by molar-refractivity contribution is 0.0930. The van der Waals surface area contributed by atoms with Gasteiger partial charge in [0.2, 0.25) is 5.88 Å². The van der Waals surface area contributed by atoms with E-state index in [1.54, 1.807) is 6.07 Å². The maximum absolute atomic E-state index is 14.9. The van der Waals surface area contributed by atoms with E-state index in [1.165, 1.54) is 42.9 Å². The summed E-state index contributed by atoms with van der Waals surface area (Å²) in [4.78, 5) is 25.6. The van der Waals surface area contributed by atoms with Crippen LogP contribution in [-0.4, -0.2) is 41.1 Å². The summed E-state index contributed by atoms with van der Waals surface area (Å²) in [6.45, 7) is 4.08. The van der Waals surface area contributed by atoms with Gasteiger partial charge in [-0.15, -0.1) is 0 Å². The van der Waals surface area contributed by atoms with Crippen LogP contribution in [0.2, 0.25) is 0 Å². The largest absolute Gasteiger partial charge is 0.477 e. The number of aromatic nitrogens is 3. The van der Waals surface area contributed by atoms with E-state index in [4.69, 9.17) is 4.74 Å². The topological polar surface area (TPSA) is 111 Å². The van der Waals surface area contributed by atoms with Crippen molar-refractivity contribution in [1.82, 2.24) is 20.3 Å². The third-order valence-corrected chi connectivity index (χ3v) is 7.79. The fourth-order valence-corrected chi connectivity index (χ4v) is 5.23. The van der Waals surface area contributed by atoms with Gasteiger partial charge in [-0.05, 0) is 50.5 Å². The van der Waals surface area contributed by atoms with Crippen molar-refractivity contribution in [2.24, 2.45) is 0 Å². The first-order valence-electron chi connectivity index (χ1n) is 11.1. The van der Waals surface area contributed by atoms with Gasteiger partial charge in [0.1, 0.15) is 5.82 Å². The van der Waals surface area contributed by atoms with Gasteiger partial charge in [-0.25, -0.2) is 17.8 Å². The number of ether oxygens (including phenoxy) is 1. The fraction of sp³-hybridized carbons (Fsp3) is 0.333. The predicted molar refractivity (Wildman–Crippen MR) is 124 cm³/mol. The molecule has 0 bridgehead atoms. The molecule has 0 saturated heterocycles. The number of pyridine rings is 1. The van der Waals surface area contributed by atoms with Crippen molar-refractivity contribution >= 4 is 15.7 Å². The SMILES string of the molecule is CCOc1cncc(-c2ccc(C(=O)NC(CC)c3cc(S(=O)(=O)C4CC4)ccn3)c(F)c2)n1. The summed E-state index contributed by atoms with van der Waals surface area (Å²) in [6.07, 6.45) is 6.14. The van der Waals surface area contributed by atoms with Gasteiger partial charge in [-0.1, -0.05) is 13.0 Å². The molecule has 0 radical (unpaired) electrons. The molecule has 1 amide bonds. The summed E-state index contributed by atoms with van der Waals surface area (Å²) in [5.74, 6) is -1.01. The number of amides is 1.